The molecule has 0 spiro atoms. The van der Waals surface area contributed by atoms with Crippen LogP contribution in [0.4, 0.5) is 0 Å². The second-order valence-corrected chi connectivity index (χ2v) is 4.36. The van der Waals surface area contributed by atoms with Crippen molar-refractivity contribution in [3.63, 3.8) is 0 Å². The minimum Gasteiger partial charge on any atom is -0.327 e. The van der Waals surface area contributed by atoms with Crippen LogP contribution >= 0.6 is 0 Å². The maximum Gasteiger partial charge on any atom is 0.0172 e. The van der Waals surface area contributed by atoms with Crippen molar-refractivity contribution in [1.29, 1.82) is 0 Å². The fraction of sp³-hybridized carbons (Fsp3) is 0.636. The maximum atomic E-state index is 5.39. The molecular weight excluding hydrogens is 146 g/mol. The van der Waals surface area contributed by atoms with Crippen LogP contribution in [-0.4, -0.2) is 6.54 Å². The average molecular weight is 167 g/mol. The van der Waals surface area contributed by atoms with Crippen LogP contribution in [0.2, 0.25) is 0 Å². The van der Waals surface area contributed by atoms with Gasteiger partial charge in [-0.05, 0) is 23.8 Å². The van der Waals surface area contributed by atoms with Gasteiger partial charge in [0, 0.05) is 6.54 Å². The van der Waals surface area contributed by atoms with E-state index in [-0.39, 0.29) is 0 Å². The topological polar surface area (TPSA) is 26.0 Å². The molecule has 0 fully saturated rings. The average Bonchev–Trinajstić information content (AvgIpc) is 1.96. The Morgan fingerprint density at radius 1 is 1.42 bits per heavy atom. The Morgan fingerprint density at radius 2 is 2.00 bits per heavy atom. The Hall–Kier alpha value is -0.560. The Balaban J connectivity index is 3.56. The van der Waals surface area contributed by atoms with E-state index in [1.54, 1.807) is 0 Å². The van der Waals surface area contributed by atoms with Gasteiger partial charge in [-0.1, -0.05) is 39.5 Å². The zero-order valence-corrected chi connectivity index (χ0v) is 8.56. The molecule has 0 amide bonds. The summed E-state index contributed by atoms with van der Waals surface area (Å²) in [5.41, 5.74) is 6.82. The first kappa shape index (κ1) is 11.4. The van der Waals surface area contributed by atoms with Gasteiger partial charge in [0.05, 0.1) is 0 Å². The molecule has 0 aliphatic carbocycles. The van der Waals surface area contributed by atoms with Crippen molar-refractivity contribution in [2.45, 2.75) is 33.6 Å². The molecule has 0 bridgehead atoms. The van der Waals surface area contributed by atoms with E-state index in [4.69, 9.17) is 5.73 Å². The van der Waals surface area contributed by atoms with E-state index in [9.17, 15) is 0 Å². The summed E-state index contributed by atoms with van der Waals surface area (Å²) >= 11 is 0. The summed E-state index contributed by atoms with van der Waals surface area (Å²) in [7, 11) is 0. The normalized spacial score (nSPS) is 12.3. The molecule has 12 heavy (non-hydrogen) atoms. The van der Waals surface area contributed by atoms with Crippen molar-refractivity contribution in [2.75, 3.05) is 6.54 Å². The van der Waals surface area contributed by atoms with Gasteiger partial charge in [-0.25, -0.2) is 0 Å². The van der Waals surface area contributed by atoms with Crippen LogP contribution in [0.5, 0.6) is 0 Å². The first-order valence-electron chi connectivity index (χ1n) is 4.50. The highest BCUT2D eigenvalue weighted by Gasteiger charge is 2.07. The number of hydrogen-bond acceptors (Lipinski definition) is 1. The van der Waals surface area contributed by atoms with Crippen LogP contribution in [0.15, 0.2) is 24.3 Å². The minimum atomic E-state index is 0.425. The highest BCUT2D eigenvalue weighted by Crippen LogP contribution is 2.20. The SMILES string of the molecule is C=C(/C=C/CCC(C)(C)C)CN. The van der Waals surface area contributed by atoms with Crippen LogP contribution < -0.4 is 5.73 Å². The van der Waals surface area contributed by atoms with E-state index in [1.807, 2.05) is 6.08 Å². The standard InChI is InChI=1S/C11H21N/c1-10(9-12)7-5-6-8-11(2,3)4/h5,7H,1,6,8-9,12H2,2-4H3/b7-5+. The first-order valence-corrected chi connectivity index (χ1v) is 4.50. The predicted octanol–water partition coefficient (Wildman–Crippen LogP) is 2.88. The molecule has 0 rings (SSSR count). The fourth-order valence-corrected chi connectivity index (χ4v) is 0.834. The quantitative estimate of drug-likeness (QED) is 0.640. The van der Waals surface area contributed by atoms with E-state index in [0.717, 1.165) is 12.0 Å². The van der Waals surface area contributed by atoms with Gasteiger partial charge in [-0.3, -0.25) is 0 Å². The Labute approximate surface area is 76.3 Å². The van der Waals surface area contributed by atoms with Gasteiger partial charge < -0.3 is 5.73 Å². The summed E-state index contributed by atoms with van der Waals surface area (Å²) in [6, 6.07) is 0. The summed E-state index contributed by atoms with van der Waals surface area (Å²) in [6.45, 7) is 11.1. The van der Waals surface area contributed by atoms with Gasteiger partial charge in [0.25, 0.3) is 0 Å². The molecule has 0 atom stereocenters. The Kier molecular flexibility index (Phi) is 4.91. The number of nitrogens with two attached hydrogens (primary N) is 1. The highest BCUT2D eigenvalue weighted by molar-refractivity contribution is 5.15. The van der Waals surface area contributed by atoms with E-state index >= 15 is 0 Å². The van der Waals surface area contributed by atoms with Crippen LogP contribution in [0, 0.1) is 5.41 Å². The summed E-state index contributed by atoms with van der Waals surface area (Å²) in [4.78, 5) is 0. The lowest BCUT2D eigenvalue weighted by Crippen LogP contribution is -2.03. The van der Waals surface area contributed by atoms with Crippen molar-refractivity contribution < 1.29 is 0 Å². The molecule has 0 heterocycles. The minimum absolute atomic E-state index is 0.425. The molecule has 0 aromatic rings. The van der Waals surface area contributed by atoms with Crippen molar-refractivity contribution in [3.05, 3.63) is 24.3 Å². The van der Waals surface area contributed by atoms with Gasteiger partial charge in [0.2, 0.25) is 0 Å². The molecule has 0 aliphatic rings. The number of rotatable bonds is 4. The first-order chi connectivity index (χ1) is 5.45. The van der Waals surface area contributed by atoms with E-state index < -0.39 is 0 Å². The second kappa shape index (κ2) is 5.15. The second-order valence-electron chi connectivity index (χ2n) is 4.36. The third-order valence-corrected chi connectivity index (χ3v) is 1.68. The van der Waals surface area contributed by atoms with E-state index in [1.165, 1.54) is 6.42 Å². The largest absolute Gasteiger partial charge is 0.327 e. The lowest BCUT2D eigenvalue weighted by atomic mass is 9.90. The molecule has 0 aliphatic heterocycles. The van der Waals surface area contributed by atoms with Crippen molar-refractivity contribution in [2.24, 2.45) is 11.1 Å². The zero-order chi connectivity index (χ0) is 9.61. The smallest absolute Gasteiger partial charge is 0.0172 e. The van der Waals surface area contributed by atoms with Crippen molar-refractivity contribution in [1.82, 2.24) is 0 Å². The van der Waals surface area contributed by atoms with Crippen molar-refractivity contribution in [3.8, 4) is 0 Å². The lowest BCUT2D eigenvalue weighted by molar-refractivity contribution is 0.381. The van der Waals surface area contributed by atoms with Gasteiger partial charge in [0.1, 0.15) is 0 Å². The molecule has 0 unspecified atom stereocenters. The summed E-state index contributed by atoms with van der Waals surface area (Å²) in [6.07, 6.45) is 6.50. The molecule has 0 aromatic carbocycles. The molecule has 0 saturated heterocycles. The summed E-state index contributed by atoms with van der Waals surface area (Å²) in [5, 5.41) is 0. The Morgan fingerprint density at radius 3 is 2.42 bits per heavy atom. The van der Waals surface area contributed by atoms with E-state index in [2.05, 4.69) is 33.4 Å². The molecule has 2 N–H and O–H groups in total. The van der Waals surface area contributed by atoms with Crippen LogP contribution in [-0.2, 0) is 0 Å². The molecular formula is C11H21N. The van der Waals surface area contributed by atoms with Crippen LogP contribution in [0.25, 0.3) is 0 Å². The molecule has 1 nitrogen and oxygen atoms in total. The lowest BCUT2D eigenvalue weighted by Gasteiger charge is -2.15. The monoisotopic (exact) mass is 167 g/mol. The third kappa shape index (κ3) is 7.55. The molecule has 0 aromatic heterocycles. The highest BCUT2D eigenvalue weighted by atomic mass is 14.5. The fourth-order valence-electron chi connectivity index (χ4n) is 0.834. The molecule has 1 heteroatoms. The maximum absolute atomic E-state index is 5.39. The van der Waals surface area contributed by atoms with Crippen LogP contribution in [0.1, 0.15) is 33.6 Å². The molecule has 0 radical (unpaired) electrons. The van der Waals surface area contributed by atoms with Gasteiger partial charge in [0.15, 0.2) is 0 Å². The predicted molar refractivity (Wildman–Crippen MR) is 56.0 cm³/mol. The van der Waals surface area contributed by atoms with Gasteiger partial charge >= 0.3 is 0 Å². The van der Waals surface area contributed by atoms with E-state index in [0.29, 0.717) is 12.0 Å². The van der Waals surface area contributed by atoms with Crippen LogP contribution in [0.3, 0.4) is 0 Å². The number of allylic oxidation sites excluding steroid dienone is 1. The summed E-state index contributed by atoms with van der Waals surface area (Å²) < 4.78 is 0. The van der Waals surface area contributed by atoms with Crippen molar-refractivity contribution >= 4 is 0 Å². The molecule has 0 saturated carbocycles. The zero-order valence-electron chi connectivity index (χ0n) is 8.56. The van der Waals surface area contributed by atoms with Gasteiger partial charge in [-0.15, -0.1) is 0 Å². The summed E-state index contributed by atoms with van der Waals surface area (Å²) in [5.74, 6) is 0. The van der Waals surface area contributed by atoms with Gasteiger partial charge in [-0.2, -0.15) is 0 Å². The number of hydrogen-bond donors (Lipinski definition) is 1. The Bertz CT molecular complexity index is 160. The third-order valence-electron chi connectivity index (χ3n) is 1.68. The molecule has 70 valence electrons.